The summed E-state index contributed by atoms with van der Waals surface area (Å²) in [4.78, 5) is 34.0. The van der Waals surface area contributed by atoms with Gasteiger partial charge in [-0.3, -0.25) is 14.9 Å². The fraction of sp³-hybridized carbons (Fsp3) is 0.158. The van der Waals surface area contributed by atoms with Gasteiger partial charge >= 0.3 is 5.97 Å². The van der Waals surface area contributed by atoms with Gasteiger partial charge < -0.3 is 10.1 Å². The maximum absolute atomic E-state index is 12.0. The highest BCUT2D eigenvalue weighted by Crippen LogP contribution is 2.25. The number of carbonyl (C=O) groups is 2. The molecule has 7 nitrogen and oxygen atoms in total. The molecule has 1 N–H and O–H groups in total. The third kappa shape index (κ3) is 5.93. The Labute approximate surface area is 160 Å². The Morgan fingerprint density at radius 3 is 2.44 bits per heavy atom. The van der Waals surface area contributed by atoms with E-state index in [1.54, 1.807) is 44.2 Å². The molecule has 0 aliphatic carbocycles. The Morgan fingerprint density at radius 1 is 1.19 bits per heavy atom. The fourth-order valence-electron chi connectivity index (χ4n) is 2.10. The molecule has 0 saturated carbocycles. The Morgan fingerprint density at radius 2 is 1.85 bits per heavy atom. The molecule has 0 heterocycles. The van der Waals surface area contributed by atoms with Gasteiger partial charge in [-0.2, -0.15) is 0 Å². The predicted octanol–water partition coefficient (Wildman–Crippen LogP) is 4.47. The van der Waals surface area contributed by atoms with Gasteiger partial charge in [-0.15, -0.1) is 0 Å². The van der Waals surface area contributed by atoms with Crippen molar-refractivity contribution in [3.05, 3.63) is 74.8 Å². The number of nitro benzene ring substituents is 1. The quantitative estimate of drug-likeness (QED) is 0.341. The van der Waals surface area contributed by atoms with Crippen molar-refractivity contribution in [1.82, 2.24) is 0 Å². The molecule has 0 aliphatic rings. The number of nitrogens with one attached hydrogen (secondary N) is 1. The van der Waals surface area contributed by atoms with E-state index in [-0.39, 0.29) is 16.8 Å². The second kappa shape index (κ2) is 8.95. The van der Waals surface area contributed by atoms with Gasteiger partial charge in [0.2, 0.25) is 5.91 Å². The second-order valence-electron chi connectivity index (χ2n) is 5.82. The van der Waals surface area contributed by atoms with Crippen LogP contribution in [-0.4, -0.2) is 22.9 Å². The van der Waals surface area contributed by atoms with Crippen LogP contribution in [0, 0.1) is 10.1 Å². The summed E-state index contributed by atoms with van der Waals surface area (Å²) in [6.07, 6.45) is 2.46. The number of esters is 1. The Balaban J connectivity index is 2.01. The molecule has 0 radical (unpaired) electrons. The minimum atomic E-state index is -0.592. The summed E-state index contributed by atoms with van der Waals surface area (Å²) in [5.41, 5.74) is 1.11. The first-order chi connectivity index (χ1) is 12.8. The van der Waals surface area contributed by atoms with E-state index < -0.39 is 16.8 Å². The summed E-state index contributed by atoms with van der Waals surface area (Å²) >= 11 is 5.75. The first kappa shape index (κ1) is 20.1. The number of nitro groups is 1. The van der Waals surface area contributed by atoms with Crippen LogP contribution in [0.1, 0.15) is 29.8 Å². The molecule has 0 spiro atoms. The fourth-order valence-corrected chi connectivity index (χ4v) is 2.29. The lowest BCUT2D eigenvalue weighted by molar-refractivity contribution is -0.384. The third-order valence-corrected chi connectivity index (χ3v) is 3.64. The van der Waals surface area contributed by atoms with Crippen LogP contribution in [0.15, 0.2) is 48.5 Å². The zero-order chi connectivity index (χ0) is 20.0. The molecule has 140 valence electrons. The number of ether oxygens (including phenoxy) is 1. The molecule has 27 heavy (non-hydrogen) atoms. The van der Waals surface area contributed by atoms with E-state index in [4.69, 9.17) is 16.3 Å². The summed E-state index contributed by atoms with van der Waals surface area (Å²) in [5.74, 6) is -0.864. The van der Waals surface area contributed by atoms with Crippen LogP contribution in [0.25, 0.3) is 6.08 Å². The highest BCUT2D eigenvalue weighted by molar-refractivity contribution is 6.32. The lowest BCUT2D eigenvalue weighted by Gasteiger charge is -2.08. The number of halogens is 1. The summed E-state index contributed by atoms with van der Waals surface area (Å²) in [6, 6.07) is 10.5. The smallest absolute Gasteiger partial charge is 0.338 e. The predicted molar refractivity (Wildman–Crippen MR) is 103 cm³/mol. The normalized spacial score (nSPS) is 10.8. The van der Waals surface area contributed by atoms with E-state index >= 15 is 0 Å². The summed E-state index contributed by atoms with van der Waals surface area (Å²) in [5, 5.41) is 13.5. The van der Waals surface area contributed by atoms with Crippen LogP contribution in [0.3, 0.4) is 0 Å². The second-order valence-corrected chi connectivity index (χ2v) is 6.23. The zero-order valence-corrected chi connectivity index (χ0v) is 15.4. The number of carbonyl (C=O) groups excluding carboxylic acids is 2. The number of amides is 1. The zero-order valence-electron chi connectivity index (χ0n) is 14.6. The van der Waals surface area contributed by atoms with Gasteiger partial charge in [-0.05, 0) is 55.8 Å². The van der Waals surface area contributed by atoms with Crippen LogP contribution < -0.4 is 5.32 Å². The number of hydrogen-bond donors (Lipinski definition) is 1. The molecule has 8 heteroatoms. The summed E-state index contributed by atoms with van der Waals surface area (Å²) in [7, 11) is 0. The molecule has 0 unspecified atom stereocenters. The van der Waals surface area contributed by atoms with Crippen molar-refractivity contribution < 1.29 is 19.2 Å². The molecular formula is C19H17ClN2O5. The molecule has 2 aromatic rings. The van der Waals surface area contributed by atoms with Crippen molar-refractivity contribution in [3.8, 4) is 0 Å². The highest BCUT2D eigenvalue weighted by atomic mass is 35.5. The standard InChI is InChI=1S/C19H17ClN2O5/c1-12(2)27-19(24)14-5-7-15(8-6-14)21-18(23)10-4-13-3-9-16(20)17(11-13)22(25)26/h3-12H,1-2H3,(H,21,23)/b10-4+. The molecular weight excluding hydrogens is 372 g/mol. The number of hydrogen-bond acceptors (Lipinski definition) is 5. The van der Waals surface area contributed by atoms with Crippen LogP contribution in [0.4, 0.5) is 11.4 Å². The lowest BCUT2D eigenvalue weighted by Crippen LogP contribution is -2.12. The number of nitrogens with zero attached hydrogens (tertiary/aromatic N) is 1. The van der Waals surface area contributed by atoms with E-state index in [0.717, 1.165) is 0 Å². The Bertz CT molecular complexity index is 891. The topological polar surface area (TPSA) is 98.5 Å². The molecule has 0 fully saturated rings. The van der Waals surface area contributed by atoms with Crippen molar-refractivity contribution in [2.75, 3.05) is 5.32 Å². The molecule has 0 atom stereocenters. The maximum atomic E-state index is 12.0. The molecule has 2 rings (SSSR count). The van der Waals surface area contributed by atoms with Crippen molar-refractivity contribution in [2.24, 2.45) is 0 Å². The first-order valence-corrected chi connectivity index (χ1v) is 8.38. The summed E-state index contributed by atoms with van der Waals surface area (Å²) < 4.78 is 5.08. The molecule has 0 bridgehead atoms. The highest BCUT2D eigenvalue weighted by Gasteiger charge is 2.12. The average Bonchev–Trinajstić information content (AvgIpc) is 2.60. The van der Waals surface area contributed by atoms with Crippen LogP contribution in [0.5, 0.6) is 0 Å². The van der Waals surface area contributed by atoms with Gasteiger partial charge in [0, 0.05) is 17.8 Å². The van der Waals surface area contributed by atoms with Crippen LogP contribution >= 0.6 is 11.6 Å². The van der Waals surface area contributed by atoms with Gasteiger partial charge in [-0.1, -0.05) is 17.7 Å². The number of benzene rings is 2. The SMILES string of the molecule is CC(C)OC(=O)c1ccc(NC(=O)/C=C/c2ccc(Cl)c([N+](=O)[O-])c2)cc1. The molecule has 0 saturated heterocycles. The van der Waals surface area contributed by atoms with Crippen molar-refractivity contribution >= 4 is 40.9 Å². The van der Waals surface area contributed by atoms with Gasteiger partial charge in [0.25, 0.3) is 5.69 Å². The van der Waals surface area contributed by atoms with Gasteiger partial charge in [-0.25, -0.2) is 4.79 Å². The average molecular weight is 389 g/mol. The van der Waals surface area contributed by atoms with E-state index in [2.05, 4.69) is 5.32 Å². The van der Waals surface area contributed by atoms with E-state index in [0.29, 0.717) is 16.8 Å². The third-order valence-electron chi connectivity index (χ3n) is 3.32. The molecule has 0 aliphatic heterocycles. The Kier molecular flexibility index (Phi) is 6.67. The van der Waals surface area contributed by atoms with Gasteiger partial charge in [0.05, 0.1) is 16.6 Å². The van der Waals surface area contributed by atoms with Crippen LogP contribution in [0.2, 0.25) is 5.02 Å². The summed E-state index contributed by atoms with van der Waals surface area (Å²) in [6.45, 7) is 3.52. The monoisotopic (exact) mass is 388 g/mol. The number of anilines is 1. The number of rotatable bonds is 6. The van der Waals surface area contributed by atoms with Crippen LogP contribution in [-0.2, 0) is 9.53 Å². The molecule has 1 amide bonds. The minimum Gasteiger partial charge on any atom is -0.459 e. The largest absolute Gasteiger partial charge is 0.459 e. The molecule has 0 aromatic heterocycles. The van der Waals surface area contributed by atoms with E-state index in [9.17, 15) is 19.7 Å². The van der Waals surface area contributed by atoms with Crippen molar-refractivity contribution in [1.29, 1.82) is 0 Å². The Hall–Kier alpha value is -3.19. The van der Waals surface area contributed by atoms with Gasteiger partial charge in [0.1, 0.15) is 5.02 Å². The first-order valence-electron chi connectivity index (χ1n) is 8.00. The van der Waals surface area contributed by atoms with E-state index in [1.165, 1.54) is 24.3 Å². The molecule has 2 aromatic carbocycles. The minimum absolute atomic E-state index is 0.0256. The van der Waals surface area contributed by atoms with E-state index in [1.807, 2.05) is 0 Å². The van der Waals surface area contributed by atoms with Crippen molar-refractivity contribution in [3.63, 3.8) is 0 Å². The maximum Gasteiger partial charge on any atom is 0.338 e. The van der Waals surface area contributed by atoms with Gasteiger partial charge in [0.15, 0.2) is 0 Å². The lowest BCUT2D eigenvalue weighted by atomic mass is 10.2. The van der Waals surface area contributed by atoms with Crippen molar-refractivity contribution in [2.45, 2.75) is 20.0 Å².